The standard InChI is InChI=1S/C15H20BrNO2S/c1-14(2,3)20-7-11-6-12(16)4-5-13(11)15(19)8-17(9-15)10-18/h4-6,10,19H,7-9H2,1-3H3. The van der Waals surface area contributed by atoms with Gasteiger partial charge in [0.05, 0.1) is 13.1 Å². The Bertz CT molecular complexity index is 507. The average Bonchev–Trinajstić information content (AvgIpc) is 2.31. The SMILES string of the molecule is CC(C)(C)SCc1cc(Br)ccc1C1(O)CN(C=O)C1. The minimum atomic E-state index is -0.893. The fraction of sp³-hybridized carbons (Fsp3) is 0.533. The number of hydrogen-bond acceptors (Lipinski definition) is 3. The molecule has 0 aliphatic carbocycles. The molecule has 3 nitrogen and oxygen atoms in total. The van der Waals surface area contributed by atoms with Crippen LogP contribution in [0.15, 0.2) is 22.7 Å². The van der Waals surface area contributed by atoms with Gasteiger partial charge in [-0.05, 0) is 23.3 Å². The Hall–Kier alpha value is -0.520. The molecule has 1 fully saturated rings. The molecule has 2 rings (SSSR count). The molecule has 110 valence electrons. The van der Waals surface area contributed by atoms with Crippen LogP contribution in [0.5, 0.6) is 0 Å². The van der Waals surface area contributed by atoms with Crippen molar-refractivity contribution in [3.63, 3.8) is 0 Å². The van der Waals surface area contributed by atoms with Crippen molar-refractivity contribution in [1.29, 1.82) is 0 Å². The van der Waals surface area contributed by atoms with Crippen LogP contribution in [0.2, 0.25) is 0 Å². The van der Waals surface area contributed by atoms with E-state index >= 15 is 0 Å². The van der Waals surface area contributed by atoms with Crippen LogP contribution in [0, 0.1) is 0 Å². The molecule has 1 saturated heterocycles. The van der Waals surface area contributed by atoms with Gasteiger partial charge in [0.25, 0.3) is 0 Å². The minimum Gasteiger partial charge on any atom is -0.381 e. The van der Waals surface area contributed by atoms with Gasteiger partial charge in [-0.15, -0.1) is 0 Å². The maximum absolute atomic E-state index is 10.7. The van der Waals surface area contributed by atoms with E-state index in [4.69, 9.17) is 0 Å². The summed E-state index contributed by atoms with van der Waals surface area (Å²) >= 11 is 5.34. The molecule has 1 aromatic carbocycles. The van der Waals surface area contributed by atoms with E-state index in [2.05, 4.69) is 42.8 Å². The molecule has 0 atom stereocenters. The molecular weight excluding hydrogens is 338 g/mol. The summed E-state index contributed by atoms with van der Waals surface area (Å²) in [6.07, 6.45) is 0.789. The number of thioether (sulfide) groups is 1. The number of halogens is 1. The summed E-state index contributed by atoms with van der Waals surface area (Å²) in [6.45, 7) is 7.31. The number of hydrogen-bond donors (Lipinski definition) is 1. The molecule has 0 bridgehead atoms. The van der Waals surface area contributed by atoms with Gasteiger partial charge in [0, 0.05) is 15.0 Å². The third kappa shape index (κ3) is 3.57. The molecule has 0 saturated carbocycles. The summed E-state index contributed by atoms with van der Waals surface area (Å²) in [5, 5.41) is 10.7. The van der Waals surface area contributed by atoms with Crippen molar-refractivity contribution in [2.24, 2.45) is 0 Å². The van der Waals surface area contributed by atoms with Gasteiger partial charge in [-0.2, -0.15) is 11.8 Å². The van der Waals surface area contributed by atoms with Gasteiger partial charge < -0.3 is 10.0 Å². The van der Waals surface area contributed by atoms with E-state index in [-0.39, 0.29) is 4.75 Å². The summed E-state index contributed by atoms with van der Waals surface area (Å²) in [5.41, 5.74) is 1.18. The number of likely N-dealkylation sites (tertiary alicyclic amines) is 1. The first-order chi connectivity index (χ1) is 9.23. The number of aliphatic hydroxyl groups is 1. The molecule has 1 aliphatic heterocycles. The molecule has 1 amide bonds. The smallest absolute Gasteiger partial charge is 0.209 e. The van der Waals surface area contributed by atoms with E-state index in [1.54, 1.807) is 4.90 Å². The number of β-amino-alcohol motifs (C(OH)–C–C–N with tert-alkyl or cyclic N) is 1. The van der Waals surface area contributed by atoms with Crippen molar-refractivity contribution in [1.82, 2.24) is 4.90 Å². The second-order valence-electron chi connectivity index (χ2n) is 6.24. The Morgan fingerprint density at radius 3 is 2.65 bits per heavy atom. The van der Waals surface area contributed by atoms with E-state index in [1.807, 2.05) is 23.9 Å². The van der Waals surface area contributed by atoms with Crippen LogP contribution < -0.4 is 0 Å². The zero-order valence-corrected chi connectivity index (χ0v) is 14.4. The molecule has 20 heavy (non-hydrogen) atoms. The van der Waals surface area contributed by atoms with Gasteiger partial charge in [-0.3, -0.25) is 4.79 Å². The van der Waals surface area contributed by atoms with Crippen molar-refractivity contribution in [2.45, 2.75) is 36.9 Å². The summed E-state index contributed by atoms with van der Waals surface area (Å²) in [4.78, 5) is 12.3. The first-order valence-electron chi connectivity index (χ1n) is 6.58. The topological polar surface area (TPSA) is 40.5 Å². The first kappa shape index (κ1) is 15.9. The number of carbonyl (C=O) groups is 1. The highest BCUT2D eigenvalue weighted by molar-refractivity contribution is 9.10. The monoisotopic (exact) mass is 357 g/mol. The Morgan fingerprint density at radius 2 is 2.10 bits per heavy atom. The molecule has 1 aliphatic rings. The quantitative estimate of drug-likeness (QED) is 0.841. The van der Waals surface area contributed by atoms with Crippen molar-refractivity contribution < 1.29 is 9.90 Å². The summed E-state index contributed by atoms with van der Waals surface area (Å²) in [5.74, 6) is 0.849. The van der Waals surface area contributed by atoms with Gasteiger partial charge in [0.2, 0.25) is 6.41 Å². The first-order valence-corrected chi connectivity index (χ1v) is 8.36. The second-order valence-corrected chi connectivity index (χ2v) is 8.96. The van der Waals surface area contributed by atoms with Gasteiger partial charge in [0.15, 0.2) is 0 Å². The predicted molar refractivity (Wildman–Crippen MR) is 86.7 cm³/mol. The van der Waals surface area contributed by atoms with E-state index in [0.717, 1.165) is 27.8 Å². The Balaban J connectivity index is 2.22. The summed E-state index contributed by atoms with van der Waals surface area (Å²) < 4.78 is 1.19. The zero-order valence-electron chi connectivity index (χ0n) is 12.0. The van der Waals surface area contributed by atoms with E-state index in [0.29, 0.717) is 13.1 Å². The maximum Gasteiger partial charge on any atom is 0.209 e. The molecule has 0 unspecified atom stereocenters. The fourth-order valence-corrected chi connectivity index (χ4v) is 3.54. The number of carbonyl (C=O) groups excluding carboxylic acids is 1. The van der Waals surface area contributed by atoms with Crippen LogP contribution in [-0.4, -0.2) is 34.3 Å². The van der Waals surface area contributed by atoms with Crippen molar-refractivity contribution in [3.8, 4) is 0 Å². The van der Waals surface area contributed by atoms with Crippen molar-refractivity contribution in [3.05, 3.63) is 33.8 Å². The second kappa shape index (κ2) is 5.70. The average molecular weight is 358 g/mol. The van der Waals surface area contributed by atoms with Crippen LogP contribution in [-0.2, 0) is 16.1 Å². The third-order valence-corrected chi connectivity index (χ3v) is 5.12. The molecule has 1 aromatic rings. The largest absolute Gasteiger partial charge is 0.381 e. The van der Waals surface area contributed by atoms with Crippen molar-refractivity contribution >= 4 is 34.1 Å². The number of amides is 1. The van der Waals surface area contributed by atoms with E-state index in [1.165, 1.54) is 0 Å². The van der Waals surface area contributed by atoms with Gasteiger partial charge in [-0.1, -0.05) is 42.8 Å². The molecule has 5 heteroatoms. The lowest BCUT2D eigenvalue weighted by atomic mass is 9.84. The lowest BCUT2D eigenvalue weighted by molar-refractivity contribution is -0.144. The molecule has 1 N–H and O–H groups in total. The normalized spacial score (nSPS) is 17.8. The van der Waals surface area contributed by atoms with Crippen molar-refractivity contribution in [2.75, 3.05) is 13.1 Å². The minimum absolute atomic E-state index is 0.177. The van der Waals surface area contributed by atoms with E-state index in [9.17, 15) is 9.90 Å². The summed E-state index contributed by atoms with van der Waals surface area (Å²) in [6, 6.07) is 5.97. The zero-order chi connectivity index (χ0) is 15.0. The lowest BCUT2D eigenvalue weighted by Gasteiger charge is -2.45. The van der Waals surface area contributed by atoms with E-state index < -0.39 is 5.60 Å². The lowest BCUT2D eigenvalue weighted by Crippen LogP contribution is -2.58. The Morgan fingerprint density at radius 1 is 1.45 bits per heavy atom. The Kier molecular flexibility index (Phi) is 4.52. The van der Waals surface area contributed by atoms with Crippen LogP contribution in [0.3, 0.4) is 0 Å². The van der Waals surface area contributed by atoms with Gasteiger partial charge in [-0.25, -0.2) is 0 Å². The van der Waals surface area contributed by atoms with Crippen LogP contribution >= 0.6 is 27.7 Å². The molecule has 1 heterocycles. The van der Waals surface area contributed by atoms with Crippen LogP contribution in [0.25, 0.3) is 0 Å². The maximum atomic E-state index is 10.7. The Labute approximate surface area is 132 Å². The molecular formula is C15H20BrNO2S. The number of rotatable bonds is 4. The number of benzene rings is 1. The van der Waals surface area contributed by atoms with Crippen LogP contribution in [0.1, 0.15) is 31.9 Å². The highest BCUT2D eigenvalue weighted by Crippen LogP contribution is 2.37. The van der Waals surface area contributed by atoms with Gasteiger partial charge in [0.1, 0.15) is 5.60 Å². The van der Waals surface area contributed by atoms with Crippen LogP contribution in [0.4, 0.5) is 0 Å². The highest BCUT2D eigenvalue weighted by Gasteiger charge is 2.43. The number of nitrogens with zero attached hydrogens (tertiary/aromatic N) is 1. The molecule has 0 aromatic heterocycles. The van der Waals surface area contributed by atoms with Gasteiger partial charge >= 0.3 is 0 Å². The summed E-state index contributed by atoms with van der Waals surface area (Å²) in [7, 11) is 0. The predicted octanol–water partition coefficient (Wildman–Crippen LogP) is 3.14. The molecule has 0 radical (unpaired) electrons. The third-order valence-electron chi connectivity index (χ3n) is 3.31. The fourth-order valence-electron chi connectivity index (χ4n) is 2.30. The molecule has 0 spiro atoms. The highest BCUT2D eigenvalue weighted by atomic mass is 79.9.